The van der Waals surface area contributed by atoms with Crippen molar-refractivity contribution in [2.24, 2.45) is 5.92 Å². The van der Waals surface area contributed by atoms with Crippen LogP contribution in [-0.2, 0) is 0 Å². The third kappa shape index (κ3) is 1.34. The summed E-state index contributed by atoms with van der Waals surface area (Å²) in [5, 5.41) is 0. The second kappa shape index (κ2) is 3.33. The van der Waals surface area contributed by atoms with Gasteiger partial charge in [-0.3, -0.25) is 4.79 Å². The van der Waals surface area contributed by atoms with E-state index in [4.69, 9.17) is 0 Å². The molecule has 2 aliphatic rings. The van der Waals surface area contributed by atoms with Gasteiger partial charge in [-0.2, -0.15) is 0 Å². The molecule has 2 atom stereocenters. The van der Waals surface area contributed by atoms with E-state index in [1.54, 1.807) is 6.20 Å². The highest BCUT2D eigenvalue weighted by Gasteiger charge is 2.38. The number of nitrogens with zero attached hydrogens (tertiary/aromatic N) is 2. The van der Waals surface area contributed by atoms with Crippen LogP contribution >= 0.6 is 0 Å². The van der Waals surface area contributed by atoms with Gasteiger partial charge in [-0.05, 0) is 37.3 Å². The van der Waals surface area contributed by atoms with Gasteiger partial charge < -0.3 is 4.90 Å². The summed E-state index contributed by atoms with van der Waals surface area (Å²) in [6, 6.07) is 4.30. The standard InChI is InChI=1S/C12H14N2O/c15-8-10-2-1-5-13-12(10)14-7-9-3-4-11(14)6-9/h1-2,5,8-9,11H,3-4,6-7H2. The maximum absolute atomic E-state index is 10.9. The van der Waals surface area contributed by atoms with Gasteiger partial charge in [0, 0.05) is 18.8 Å². The van der Waals surface area contributed by atoms with Crippen LogP contribution in [0.15, 0.2) is 18.3 Å². The van der Waals surface area contributed by atoms with Crippen LogP contribution in [0.4, 0.5) is 5.82 Å². The minimum absolute atomic E-state index is 0.628. The zero-order valence-corrected chi connectivity index (χ0v) is 8.60. The molecule has 1 aliphatic heterocycles. The van der Waals surface area contributed by atoms with Crippen LogP contribution in [0.3, 0.4) is 0 Å². The molecular weight excluding hydrogens is 188 g/mol. The Morgan fingerprint density at radius 3 is 3.07 bits per heavy atom. The van der Waals surface area contributed by atoms with Gasteiger partial charge in [0.1, 0.15) is 5.82 Å². The molecule has 0 amide bonds. The van der Waals surface area contributed by atoms with Gasteiger partial charge in [0.05, 0.1) is 5.56 Å². The zero-order chi connectivity index (χ0) is 10.3. The van der Waals surface area contributed by atoms with Crippen LogP contribution < -0.4 is 4.90 Å². The number of anilines is 1. The Morgan fingerprint density at radius 2 is 2.40 bits per heavy atom. The second-order valence-corrected chi connectivity index (χ2v) is 4.52. The summed E-state index contributed by atoms with van der Waals surface area (Å²) in [5.41, 5.74) is 0.727. The largest absolute Gasteiger partial charge is 0.353 e. The quantitative estimate of drug-likeness (QED) is 0.686. The Kier molecular flexibility index (Phi) is 1.97. The molecule has 3 nitrogen and oxygen atoms in total. The number of rotatable bonds is 2. The number of piperidine rings is 1. The average molecular weight is 202 g/mol. The predicted octanol–water partition coefficient (Wildman–Crippen LogP) is 1.88. The molecule has 2 unspecified atom stereocenters. The van der Waals surface area contributed by atoms with Crippen LogP contribution in [0.5, 0.6) is 0 Å². The fourth-order valence-electron chi connectivity index (χ4n) is 2.93. The minimum atomic E-state index is 0.628. The summed E-state index contributed by atoms with van der Waals surface area (Å²) >= 11 is 0. The number of hydrogen-bond donors (Lipinski definition) is 0. The van der Waals surface area contributed by atoms with E-state index in [0.29, 0.717) is 6.04 Å². The third-order valence-electron chi connectivity index (χ3n) is 3.63. The normalized spacial score (nSPS) is 28.4. The van der Waals surface area contributed by atoms with E-state index < -0.39 is 0 Å². The van der Waals surface area contributed by atoms with Crippen molar-refractivity contribution in [3.63, 3.8) is 0 Å². The smallest absolute Gasteiger partial charge is 0.153 e. The highest BCUT2D eigenvalue weighted by molar-refractivity contribution is 5.82. The molecule has 0 radical (unpaired) electrons. The van der Waals surface area contributed by atoms with Gasteiger partial charge in [0.15, 0.2) is 6.29 Å². The molecule has 1 aromatic heterocycles. The molecular formula is C12H14N2O. The lowest BCUT2D eigenvalue weighted by atomic mass is 10.1. The van der Waals surface area contributed by atoms with E-state index in [-0.39, 0.29) is 0 Å². The summed E-state index contributed by atoms with van der Waals surface area (Å²) in [6.07, 6.45) is 6.58. The van der Waals surface area contributed by atoms with E-state index in [2.05, 4.69) is 9.88 Å². The summed E-state index contributed by atoms with van der Waals surface area (Å²) in [4.78, 5) is 17.6. The Hall–Kier alpha value is -1.38. The Balaban J connectivity index is 1.96. The molecule has 15 heavy (non-hydrogen) atoms. The van der Waals surface area contributed by atoms with Crippen molar-refractivity contribution in [1.82, 2.24) is 4.98 Å². The molecule has 2 bridgehead atoms. The van der Waals surface area contributed by atoms with Gasteiger partial charge in [-0.1, -0.05) is 0 Å². The maximum Gasteiger partial charge on any atom is 0.153 e. The highest BCUT2D eigenvalue weighted by Crippen LogP contribution is 2.40. The fourth-order valence-corrected chi connectivity index (χ4v) is 2.93. The number of carbonyl (C=O) groups excluding carboxylic acids is 1. The van der Waals surface area contributed by atoms with E-state index >= 15 is 0 Å². The maximum atomic E-state index is 10.9. The molecule has 3 rings (SSSR count). The first-order valence-corrected chi connectivity index (χ1v) is 5.55. The van der Waals surface area contributed by atoms with Crippen molar-refractivity contribution in [2.75, 3.05) is 11.4 Å². The molecule has 0 N–H and O–H groups in total. The number of fused-ring (bicyclic) bond motifs is 2. The van der Waals surface area contributed by atoms with Crippen molar-refractivity contribution in [2.45, 2.75) is 25.3 Å². The fraction of sp³-hybridized carbons (Fsp3) is 0.500. The Bertz CT molecular complexity index is 391. The van der Waals surface area contributed by atoms with Gasteiger partial charge in [0.25, 0.3) is 0 Å². The van der Waals surface area contributed by atoms with Crippen LogP contribution in [0.1, 0.15) is 29.6 Å². The predicted molar refractivity (Wildman–Crippen MR) is 58.1 cm³/mol. The topological polar surface area (TPSA) is 33.2 Å². The molecule has 1 aliphatic carbocycles. The van der Waals surface area contributed by atoms with Crippen LogP contribution in [0, 0.1) is 5.92 Å². The molecule has 3 heteroatoms. The van der Waals surface area contributed by atoms with Gasteiger partial charge in [0.2, 0.25) is 0 Å². The van der Waals surface area contributed by atoms with Crippen molar-refractivity contribution >= 4 is 12.1 Å². The highest BCUT2D eigenvalue weighted by atomic mass is 16.1. The molecule has 2 heterocycles. The Labute approximate surface area is 89.1 Å². The summed E-state index contributed by atoms with van der Waals surface area (Å²) in [5.74, 6) is 1.72. The van der Waals surface area contributed by atoms with Gasteiger partial charge in [-0.25, -0.2) is 4.98 Å². The molecule has 2 fully saturated rings. The third-order valence-corrected chi connectivity index (χ3v) is 3.63. The van der Waals surface area contributed by atoms with Crippen LogP contribution in [0.2, 0.25) is 0 Å². The average Bonchev–Trinajstić information content (AvgIpc) is 2.90. The lowest BCUT2D eigenvalue weighted by Crippen LogP contribution is -2.33. The molecule has 1 aromatic rings. The summed E-state index contributed by atoms with van der Waals surface area (Å²) in [7, 11) is 0. The van der Waals surface area contributed by atoms with Gasteiger partial charge in [-0.15, -0.1) is 0 Å². The number of aromatic nitrogens is 1. The second-order valence-electron chi connectivity index (χ2n) is 4.52. The van der Waals surface area contributed by atoms with E-state index in [9.17, 15) is 4.79 Å². The van der Waals surface area contributed by atoms with Crippen molar-refractivity contribution < 1.29 is 4.79 Å². The summed E-state index contributed by atoms with van der Waals surface area (Å²) in [6.45, 7) is 1.09. The molecule has 1 saturated heterocycles. The molecule has 0 spiro atoms. The number of aldehydes is 1. The number of carbonyl (C=O) groups is 1. The molecule has 1 saturated carbocycles. The van der Waals surface area contributed by atoms with E-state index in [1.807, 2.05) is 12.1 Å². The van der Waals surface area contributed by atoms with Crippen LogP contribution in [-0.4, -0.2) is 23.9 Å². The zero-order valence-electron chi connectivity index (χ0n) is 8.60. The monoisotopic (exact) mass is 202 g/mol. The first-order chi connectivity index (χ1) is 7.38. The Morgan fingerprint density at radius 1 is 1.47 bits per heavy atom. The van der Waals surface area contributed by atoms with Gasteiger partial charge >= 0.3 is 0 Å². The van der Waals surface area contributed by atoms with Crippen molar-refractivity contribution in [3.8, 4) is 0 Å². The first kappa shape index (κ1) is 8.89. The van der Waals surface area contributed by atoms with E-state index in [1.165, 1.54) is 19.3 Å². The lowest BCUT2D eigenvalue weighted by Gasteiger charge is -2.28. The first-order valence-electron chi connectivity index (χ1n) is 5.55. The van der Waals surface area contributed by atoms with E-state index in [0.717, 1.165) is 30.1 Å². The molecule has 0 aromatic carbocycles. The lowest BCUT2D eigenvalue weighted by molar-refractivity contribution is 0.112. The van der Waals surface area contributed by atoms with Crippen molar-refractivity contribution in [3.05, 3.63) is 23.9 Å². The summed E-state index contributed by atoms with van der Waals surface area (Å²) < 4.78 is 0. The number of pyridine rings is 1. The van der Waals surface area contributed by atoms with Crippen molar-refractivity contribution in [1.29, 1.82) is 0 Å². The SMILES string of the molecule is O=Cc1cccnc1N1CC2CCC1C2. The molecule has 78 valence electrons. The van der Waals surface area contributed by atoms with Crippen LogP contribution in [0.25, 0.3) is 0 Å². The number of hydrogen-bond acceptors (Lipinski definition) is 3. The minimum Gasteiger partial charge on any atom is -0.353 e.